The molecule has 0 aliphatic heterocycles. The van der Waals surface area contributed by atoms with E-state index in [0.717, 1.165) is 36.0 Å². The van der Waals surface area contributed by atoms with Gasteiger partial charge in [-0.05, 0) is 63.9 Å². The van der Waals surface area contributed by atoms with Crippen LogP contribution in [0, 0.1) is 0 Å². The summed E-state index contributed by atoms with van der Waals surface area (Å²) in [5.74, 6) is 1.51. The summed E-state index contributed by atoms with van der Waals surface area (Å²) in [7, 11) is 0. The molecule has 0 unspecified atom stereocenters. The molecule has 0 bridgehead atoms. The molecule has 1 aromatic carbocycles. The number of anilines is 1. The third kappa shape index (κ3) is 8.52. The minimum atomic E-state index is -0.525. The maximum atomic E-state index is 11.9. The van der Waals surface area contributed by atoms with Crippen molar-refractivity contribution in [1.82, 2.24) is 25.2 Å². The van der Waals surface area contributed by atoms with Crippen molar-refractivity contribution in [1.29, 1.82) is 0 Å². The molecule has 0 radical (unpaired) electrons. The Hall–Kier alpha value is -2.89. The van der Waals surface area contributed by atoms with Crippen LogP contribution in [-0.4, -0.2) is 45.3 Å². The average molecular weight is 565 g/mol. The molecule has 0 aliphatic carbocycles. The van der Waals surface area contributed by atoms with E-state index >= 15 is 0 Å². The van der Waals surface area contributed by atoms with Crippen molar-refractivity contribution in [2.24, 2.45) is 4.99 Å². The molecule has 0 saturated carbocycles. The summed E-state index contributed by atoms with van der Waals surface area (Å²) in [5.41, 5.74) is 2.13. The largest absolute Gasteiger partial charge is 0.444 e. The lowest BCUT2D eigenvalue weighted by Crippen LogP contribution is -2.38. The number of pyridine rings is 1. The quantitative estimate of drug-likeness (QED) is 0.227. The fraction of sp³-hybridized carbons (Fsp3) is 0.391. The first-order valence-corrected chi connectivity index (χ1v) is 10.7. The number of nitrogens with one attached hydrogen (secondary N) is 3. The van der Waals surface area contributed by atoms with Gasteiger partial charge in [-0.2, -0.15) is 0 Å². The summed E-state index contributed by atoms with van der Waals surface area (Å²) < 4.78 is 7.20. The minimum absolute atomic E-state index is 0. The van der Waals surface area contributed by atoms with E-state index in [2.05, 4.69) is 31.1 Å². The number of hydrogen-bond acceptors (Lipinski definition) is 5. The second-order valence-corrected chi connectivity index (χ2v) is 8.24. The van der Waals surface area contributed by atoms with Gasteiger partial charge in [-0.3, -0.25) is 9.72 Å². The zero-order chi connectivity index (χ0) is 23.0. The highest BCUT2D eigenvalue weighted by atomic mass is 127. The number of ether oxygens (including phenoxy) is 1. The third-order valence-corrected chi connectivity index (χ3v) is 4.41. The Morgan fingerprint density at radius 1 is 1.09 bits per heavy atom. The van der Waals surface area contributed by atoms with E-state index in [-0.39, 0.29) is 24.0 Å². The summed E-state index contributed by atoms with van der Waals surface area (Å²) >= 11 is 0. The van der Waals surface area contributed by atoms with Crippen molar-refractivity contribution < 1.29 is 9.53 Å². The predicted octanol–water partition coefficient (Wildman–Crippen LogP) is 3.99. The lowest BCUT2D eigenvalue weighted by molar-refractivity contribution is 0.0636. The highest BCUT2D eigenvalue weighted by Gasteiger charge is 2.16. The summed E-state index contributed by atoms with van der Waals surface area (Å²) in [6, 6.07) is 13.5. The molecule has 0 fully saturated rings. The molecule has 0 spiro atoms. The number of aliphatic imine (C=N–C) groups is 1. The van der Waals surface area contributed by atoms with E-state index in [9.17, 15) is 4.79 Å². The van der Waals surface area contributed by atoms with Crippen molar-refractivity contribution in [2.45, 2.75) is 46.3 Å². The van der Waals surface area contributed by atoms with E-state index in [1.54, 1.807) is 0 Å². The van der Waals surface area contributed by atoms with E-state index in [0.29, 0.717) is 18.8 Å². The van der Waals surface area contributed by atoms with Crippen LogP contribution in [0.1, 0.15) is 39.1 Å². The standard InChI is InChI=1S/C23H31N7O2.HI/c1-5-24-21(26-16-20-29-28-19-8-6-7-15-30(19)20)25-14-13-17-9-11-18(12-10-17)27-22(31)32-23(2,3)4;/h6-12,15H,5,13-14,16H2,1-4H3,(H,27,31)(H2,24,25,26);1H. The topological polar surface area (TPSA) is 105 Å². The van der Waals surface area contributed by atoms with Crippen molar-refractivity contribution in [3.63, 3.8) is 0 Å². The van der Waals surface area contributed by atoms with Gasteiger partial charge in [-0.15, -0.1) is 34.2 Å². The molecule has 2 aromatic heterocycles. The number of rotatable bonds is 7. The SMILES string of the molecule is CCNC(=NCc1nnc2ccccn12)NCCc1ccc(NC(=O)OC(C)(C)C)cc1.I. The Balaban J connectivity index is 0.00000385. The fourth-order valence-electron chi connectivity index (χ4n) is 2.99. The molecular formula is C23H32IN7O2. The van der Waals surface area contributed by atoms with Crippen LogP contribution in [0.25, 0.3) is 5.65 Å². The van der Waals surface area contributed by atoms with Gasteiger partial charge in [-0.25, -0.2) is 9.79 Å². The number of fused-ring (bicyclic) bond motifs is 1. The summed E-state index contributed by atoms with van der Waals surface area (Å²) in [5, 5.41) is 17.7. The van der Waals surface area contributed by atoms with E-state index in [1.165, 1.54) is 0 Å². The first-order chi connectivity index (χ1) is 15.3. The number of halogens is 1. The fourth-order valence-corrected chi connectivity index (χ4v) is 2.99. The zero-order valence-corrected chi connectivity index (χ0v) is 21.8. The number of carbonyl (C=O) groups is 1. The number of guanidine groups is 1. The van der Waals surface area contributed by atoms with Gasteiger partial charge in [0.1, 0.15) is 12.1 Å². The first kappa shape index (κ1) is 26.4. The van der Waals surface area contributed by atoms with E-state index in [1.807, 2.05) is 80.8 Å². The van der Waals surface area contributed by atoms with Gasteiger partial charge in [-0.1, -0.05) is 18.2 Å². The summed E-state index contributed by atoms with van der Waals surface area (Å²) in [4.78, 5) is 16.5. The van der Waals surface area contributed by atoms with Crippen molar-refractivity contribution in [3.05, 3.63) is 60.0 Å². The molecule has 0 aliphatic rings. The van der Waals surface area contributed by atoms with Crippen LogP contribution in [0.15, 0.2) is 53.7 Å². The number of hydrogen-bond donors (Lipinski definition) is 3. The average Bonchev–Trinajstić information content (AvgIpc) is 3.15. The van der Waals surface area contributed by atoms with Gasteiger partial charge in [0, 0.05) is 25.0 Å². The smallest absolute Gasteiger partial charge is 0.412 e. The van der Waals surface area contributed by atoms with Crippen LogP contribution < -0.4 is 16.0 Å². The van der Waals surface area contributed by atoms with Gasteiger partial charge in [0.05, 0.1) is 0 Å². The molecule has 3 rings (SSSR count). The maximum absolute atomic E-state index is 11.9. The molecular weight excluding hydrogens is 533 g/mol. The first-order valence-electron chi connectivity index (χ1n) is 10.7. The minimum Gasteiger partial charge on any atom is -0.444 e. The van der Waals surface area contributed by atoms with Crippen LogP contribution in [-0.2, 0) is 17.7 Å². The molecule has 3 aromatic rings. The van der Waals surface area contributed by atoms with Gasteiger partial charge in [0.25, 0.3) is 0 Å². The highest BCUT2D eigenvalue weighted by Crippen LogP contribution is 2.13. The Bertz CT molecular complexity index is 1060. The third-order valence-electron chi connectivity index (χ3n) is 4.41. The monoisotopic (exact) mass is 565 g/mol. The van der Waals surface area contributed by atoms with Gasteiger partial charge in [0.2, 0.25) is 0 Å². The molecule has 0 atom stereocenters. The Morgan fingerprint density at radius 2 is 1.85 bits per heavy atom. The van der Waals surface area contributed by atoms with E-state index in [4.69, 9.17) is 4.74 Å². The predicted molar refractivity (Wildman–Crippen MR) is 141 cm³/mol. The van der Waals surface area contributed by atoms with Crippen molar-refractivity contribution >= 4 is 47.4 Å². The molecule has 2 heterocycles. The normalized spacial score (nSPS) is 11.6. The Morgan fingerprint density at radius 3 is 2.55 bits per heavy atom. The van der Waals surface area contributed by atoms with Crippen LogP contribution in [0.3, 0.4) is 0 Å². The van der Waals surface area contributed by atoms with Crippen LogP contribution in [0.4, 0.5) is 10.5 Å². The Labute approximate surface area is 211 Å². The molecule has 9 nitrogen and oxygen atoms in total. The second kappa shape index (κ2) is 12.4. The number of benzene rings is 1. The zero-order valence-electron chi connectivity index (χ0n) is 19.5. The molecule has 0 saturated heterocycles. The molecule has 10 heteroatoms. The lowest BCUT2D eigenvalue weighted by Gasteiger charge is -2.19. The van der Waals surface area contributed by atoms with Gasteiger partial charge < -0.3 is 15.4 Å². The highest BCUT2D eigenvalue weighted by molar-refractivity contribution is 14.0. The summed E-state index contributed by atoms with van der Waals surface area (Å²) in [6.07, 6.45) is 2.28. The number of carbonyl (C=O) groups excluding carboxylic acids is 1. The van der Waals surface area contributed by atoms with Crippen molar-refractivity contribution in [3.8, 4) is 0 Å². The van der Waals surface area contributed by atoms with Gasteiger partial charge in [0.15, 0.2) is 17.4 Å². The number of nitrogens with zero attached hydrogens (tertiary/aromatic N) is 4. The van der Waals surface area contributed by atoms with Crippen LogP contribution in [0.5, 0.6) is 0 Å². The second-order valence-electron chi connectivity index (χ2n) is 8.24. The summed E-state index contributed by atoms with van der Waals surface area (Å²) in [6.45, 7) is 9.43. The molecule has 3 N–H and O–H groups in total. The lowest BCUT2D eigenvalue weighted by atomic mass is 10.1. The van der Waals surface area contributed by atoms with E-state index < -0.39 is 11.7 Å². The van der Waals surface area contributed by atoms with Crippen LogP contribution >= 0.6 is 24.0 Å². The maximum Gasteiger partial charge on any atom is 0.412 e. The van der Waals surface area contributed by atoms with Crippen LogP contribution in [0.2, 0.25) is 0 Å². The Kier molecular flexibility index (Phi) is 9.89. The number of aromatic nitrogens is 3. The number of amides is 1. The molecule has 1 amide bonds. The van der Waals surface area contributed by atoms with Crippen molar-refractivity contribution in [2.75, 3.05) is 18.4 Å². The van der Waals surface area contributed by atoms with Gasteiger partial charge >= 0.3 is 6.09 Å². The molecule has 178 valence electrons. The molecule has 33 heavy (non-hydrogen) atoms.